The molecule has 2 fully saturated rings. The number of ketones is 3. The average molecular weight is 574 g/mol. The van der Waals surface area contributed by atoms with Gasteiger partial charge in [-0.2, -0.15) is 4.98 Å². The molecule has 2 aliphatic heterocycles. The van der Waals surface area contributed by atoms with E-state index in [2.05, 4.69) is 18.7 Å². The second-order valence-electron chi connectivity index (χ2n) is 12.8. The van der Waals surface area contributed by atoms with E-state index in [1.54, 1.807) is 23.9 Å². The van der Waals surface area contributed by atoms with Gasteiger partial charge < -0.3 is 9.30 Å². The molecule has 3 aromatic rings. The molecule has 0 N–H and O–H groups in total. The molecule has 1 saturated heterocycles. The van der Waals surface area contributed by atoms with Gasteiger partial charge in [-0.1, -0.05) is 51.2 Å². The minimum atomic E-state index is -0.502. The zero-order valence-electron chi connectivity index (χ0n) is 24.8. The summed E-state index contributed by atoms with van der Waals surface area (Å²) in [6.07, 6.45) is 8.24. The number of hydrogen-bond acceptors (Lipinski definition) is 6. The molecule has 0 amide bonds. The summed E-state index contributed by atoms with van der Waals surface area (Å²) in [4.78, 5) is 47.0. The van der Waals surface area contributed by atoms with Crippen LogP contribution in [0.4, 0.5) is 4.39 Å². The summed E-state index contributed by atoms with van der Waals surface area (Å²) >= 11 is 0. The van der Waals surface area contributed by atoms with E-state index in [0.29, 0.717) is 53.3 Å². The Bertz CT molecular complexity index is 1510. The summed E-state index contributed by atoms with van der Waals surface area (Å²) in [7, 11) is 1.80. The van der Waals surface area contributed by atoms with Gasteiger partial charge in [0, 0.05) is 56.5 Å². The molecule has 2 aromatic heterocycles. The van der Waals surface area contributed by atoms with Gasteiger partial charge in [-0.15, -0.1) is 0 Å². The highest BCUT2D eigenvalue weighted by atomic mass is 19.1. The zero-order chi connectivity index (χ0) is 29.5. The first-order chi connectivity index (χ1) is 20.2. The Labute approximate surface area is 246 Å². The summed E-state index contributed by atoms with van der Waals surface area (Å²) in [5, 5.41) is 0.523. The standard InChI is InChI=1S/C34H40FN3O4/c1-20-17-38(18-23-9-11-24(35)12-10-23)21(2)32-25(20)13-14-29(39)27-16-26-28(19-37(3)33(26)36-34(27)42-32)31(41)30(40)15-22-7-5-4-6-8-22/h9-12,16,19-22,25,32H,4-8,13-15,17-18H2,1-3H3/t20-,21+,25?,32?/m1/s1. The molecule has 4 heterocycles. The van der Waals surface area contributed by atoms with Crippen LogP contribution < -0.4 is 4.74 Å². The maximum absolute atomic E-state index is 13.5. The third-order valence-electron chi connectivity index (χ3n) is 9.89. The lowest BCUT2D eigenvalue weighted by atomic mass is 9.76. The van der Waals surface area contributed by atoms with Gasteiger partial charge in [0.1, 0.15) is 17.6 Å². The summed E-state index contributed by atoms with van der Waals surface area (Å²) in [6, 6.07) is 8.37. The molecule has 1 saturated carbocycles. The predicted molar refractivity (Wildman–Crippen MR) is 158 cm³/mol. The van der Waals surface area contributed by atoms with Crippen LogP contribution in [0.15, 0.2) is 36.5 Å². The quantitative estimate of drug-likeness (QED) is 0.254. The fourth-order valence-electron chi connectivity index (χ4n) is 7.44. The van der Waals surface area contributed by atoms with Crippen molar-refractivity contribution < 1.29 is 23.5 Å². The smallest absolute Gasteiger partial charge is 0.230 e. The van der Waals surface area contributed by atoms with Crippen molar-refractivity contribution >= 4 is 28.4 Å². The number of rotatable bonds is 6. The molecule has 0 spiro atoms. The number of carbonyl (C=O) groups is 3. The molecule has 1 aromatic carbocycles. The first-order valence-corrected chi connectivity index (χ1v) is 15.5. The third kappa shape index (κ3) is 5.53. The minimum Gasteiger partial charge on any atom is -0.472 e. The largest absolute Gasteiger partial charge is 0.472 e. The Kier molecular flexibility index (Phi) is 8.01. The highest BCUT2D eigenvalue weighted by Crippen LogP contribution is 2.39. The summed E-state index contributed by atoms with van der Waals surface area (Å²) in [5.41, 5.74) is 2.24. The monoisotopic (exact) mass is 573 g/mol. The van der Waals surface area contributed by atoms with E-state index in [9.17, 15) is 18.8 Å². The number of halogens is 1. The molecule has 3 aliphatic rings. The van der Waals surface area contributed by atoms with E-state index >= 15 is 0 Å². The highest BCUT2D eigenvalue weighted by molar-refractivity contribution is 6.45. The lowest BCUT2D eigenvalue weighted by molar-refractivity contribution is -0.116. The predicted octanol–water partition coefficient (Wildman–Crippen LogP) is 6.32. The number of nitrogens with zero attached hydrogens (tertiary/aromatic N) is 3. The van der Waals surface area contributed by atoms with E-state index < -0.39 is 5.78 Å². The Morgan fingerprint density at radius 1 is 1.07 bits per heavy atom. The highest BCUT2D eigenvalue weighted by Gasteiger charge is 2.43. The van der Waals surface area contributed by atoms with Crippen molar-refractivity contribution in [2.45, 2.75) is 83.9 Å². The Morgan fingerprint density at radius 3 is 2.55 bits per heavy atom. The van der Waals surface area contributed by atoms with Gasteiger partial charge >= 0.3 is 0 Å². The van der Waals surface area contributed by atoms with Crippen molar-refractivity contribution in [2.75, 3.05) is 6.54 Å². The van der Waals surface area contributed by atoms with Crippen LogP contribution in [0.25, 0.3) is 11.0 Å². The van der Waals surface area contributed by atoms with Gasteiger partial charge in [-0.3, -0.25) is 19.3 Å². The summed E-state index contributed by atoms with van der Waals surface area (Å²) in [5.74, 6) is -0.132. The van der Waals surface area contributed by atoms with Crippen molar-refractivity contribution in [2.24, 2.45) is 24.8 Å². The average Bonchev–Trinajstić information content (AvgIpc) is 3.30. The van der Waals surface area contributed by atoms with Crippen LogP contribution in [0.2, 0.25) is 0 Å². The van der Waals surface area contributed by atoms with E-state index in [0.717, 1.165) is 37.8 Å². The van der Waals surface area contributed by atoms with Crippen LogP contribution in [0, 0.1) is 23.6 Å². The van der Waals surface area contributed by atoms with Crippen molar-refractivity contribution in [1.29, 1.82) is 0 Å². The number of pyridine rings is 1. The van der Waals surface area contributed by atoms with Crippen molar-refractivity contribution in [3.05, 3.63) is 59.0 Å². The molecule has 42 heavy (non-hydrogen) atoms. The molecule has 4 atom stereocenters. The minimum absolute atomic E-state index is 0.0396. The van der Waals surface area contributed by atoms with Gasteiger partial charge in [0.15, 0.2) is 5.78 Å². The number of benzene rings is 1. The molecule has 1 aliphatic carbocycles. The molecular weight excluding hydrogens is 533 g/mol. The Hall–Kier alpha value is -3.39. The lowest BCUT2D eigenvalue weighted by Crippen LogP contribution is -2.56. The van der Waals surface area contributed by atoms with E-state index in [-0.39, 0.29) is 47.8 Å². The van der Waals surface area contributed by atoms with Crippen molar-refractivity contribution in [1.82, 2.24) is 14.5 Å². The topological polar surface area (TPSA) is 81.5 Å². The van der Waals surface area contributed by atoms with Crippen LogP contribution in [0.3, 0.4) is 0 Å². The second-order valence-corrected chi connectivity index (χ2v) is 12.8. The summed E-state index contributed by atoms with van der Waals surface area (Å²) < 4.78 is 21.9. The zero-order valence-corrected chi connectivity index (χ0v) is 24.8. The fourth-order valence-corrected chi connectivity index (χ4v) is 7.44. The van der Waals surface area contributed by atoms with Crippen LogP contribution in [0.5, 0.6) is 5.88 Å². The van der Waals surface area contributed by atoms with Crippen LogP contribution in [-0.2, 0) is 18.4 Å². The number of fused-ring (bicyclic) bond motifs is 3. The molecule has 6 rings (SSSR count). The number of likely N-dealkylation sites (tertiary alicyclic amines) is 1. The maximum Gasteiger partial charge on any atom is 0.230 e. The molecule has 2 unspecified atom stereocenters. The molecule has 0 radical (unpaired) electrons. The SMILES string of the molecule is C[C@@H]1CN(Cc2ccc(F)cc2)[C@@H](C)C2Oc3nc4c(cc3C(=O)CCC21)c(C(=O)C(=O)CC1CCCCC1)cn4C. The van der Waals surface area contributed by atoms with Gasteiger partial charge in [-0.25, -0.2) is 4.39 Å². The summed E-state index contributed by atoms with van der Waals surface area (Å²) in [6.45, 7) is 5.88. The first kappa shape index (κ1) is 28.7. The Morgan fingerprint density at radius 2 is 1.81 bits per heavy atom. The molecule has 0 bridgehead atoms. The number of hydrogen-bond donors (Lipinski definition) is 0. The normalized spacial score (nSPS) is 25.3. The second kappa shape index (κ2) is 11.7. The van der Waals surface area contributed by atoms with Crippen LogP contribution >= 0.6 is 0 Å². The van der Waals surface area contributed by atoms with Gasteiger partial charge in [0.05, 0.1) is 11.1 Å². The van der Waals surface area contributed by atoms with Gasteiger partial charge in [0.2, 0.25) is 17.4 Å². The number of aromatic nitrogens is 2. The van der Waals surface area contributed by atoms with Gasteiger partial charge in [0.25, 0.3) is 0 Å². The third-order valence-corrected chi connectivity index (χ3v) is 9.89. The number of carbonyl (C=O) groups excluding carboxylic acids is 3. The number of piperidine rings is 1. The Balaban J connectivity index is 1.29. The lowest BCUT2D eigenvalue weighted by Gasteiger charge is -2.47. The number of ether oxygens (including phenoxy) is 1. The van der Waals surface area contributed by atoms with Crippen molar-refractivity contribution in [3.63, 3.8) is 0 Å². The maximum atomic E-state index is 13.5. The molecular formula is C34H40FN3O4. The van der Waals surface area contributed by atoms with E-state index in [1.807, 2.05) is 12.1 Å². The molecule has 222 valence electrons. The fraction of sp³-hybridized carbons (Fsp3) is 0.529. The van der Waals surface area contributed by atoms with Crippen LogP contribution in [-0.4, -0.2) is 50.5 Å². The van der Waals surface area contributed by atoms with Crippen molar-refractivity contribution in [3.8, 4) is 5.88 Å². The van der Waals surface area contributed by atoms with E-state index in [4.69, 9.17) is 9.72 Å². The van der Waals surface area contributed by atoms with Crippen LogP contribution in [0.1, 0.15) is 91.5 Å². The number of aryl methyl sites for hydroxylation is 1. The van der Waals surface area contributed by atoms with Gasteiger partial charge in [-0.05, 0) is 48.9 Å². The molecule has 8 heteroatoms. The number of Topliss-reactive ketones (excluding diaryl/α,β-unsaturated/α-hetero) is 3. The first-order valence-electron chi connectivity index (χ1n) is 15.5. The van der Waals surface area contributed by atoms with E-state index in [1.165, 1.54) is 18.6 Å². The molecule has 7 nitrogen and oxygen atoms in total.